The second kappa shape index (κ2) is 6.50. The van der Waals surface area contributed by atoms with Crippen molar-refractivity contribution in [2.24, 2.45) is 0 Å². The number of nitrogens with zero attached hydrogens (tertiary/aromatic N) is 2. The van der Waals surface area contributed by atoms with Crippen LogP contribution in [0.5, 0.6) is 0 Å². The fourth-order valence-electron chi connectivity index (χ4n) is 1.85. The molecule has 0 bridgehead atoms. The monoisotopic (exact) mass is 269 g/mol. The number of aliphatic hydroxyl groups excluding tert-OH is 1. The SMILES string of the molecule is CNC(C)(CO)CC(C)Sc1nc(C)cc(C)n1. The largest absolute Gasteiger partial charge is 0.394 e. The standard InChI is InChI=1S/C13H23N3OS/c1-9-6-10(2)16-12(15-9)18-11(3)7-13(4,8-17)14-5/h6,11,14,17H,7-8H2,1-5H3. The van der Waals surface area contributed by atoms with Gasteiger partial charge in [0.2, 0.25) is 0 Å². The molecule has 2 N–H and O–H groups in total. The van der Waals surface area contributed by atoms with E-state index in [0.717, 1.165) is 23.0 Å². The predicted molar refractivity (Wildman–Crippen MR) is 76.0 cm³/mol. The van der Waals surface area contributed by atoms with Gasteiger partial charge in [-0.3, -0.25) is 0 Å². The van der Waals surface area contributed by atoms with Crippen molar-refractivity contribution in [2.75, 3.05) is 13.7 Å². The van der Waals surface area contributed by atoms with Crippen molar-refractivity contribution in [2.45, 2.75) is 50.1 Å². The number of aliphatic hydroxyl groups is 1. The van der Waals surface area contributed by atoms with Crippen LogP contribution in [0.25, 0.3) is 0 Å². The summed E-state index contributed by atoms with van der Waals surface area (Å²) in [6, 6.07) is 1.97. The normalized spacial score (nSPS) is 16.3. The van der Waals surface area contributed by atoms with Gasteiger partial charge in [0.15, 0.2) is 5.16 Å². The topological polar surface area (TPSA) is 58.0 Å². The Balaban J connectivity index is 2.67. The number of hydrogen-bond donors (Lipinski definition) is 2. The number of thioether (sulfide) groups is 1. The molecule has 18 heavy (non-hydrogen) atoms. The third-order valence-corrected chi connectivity index (χ3v) is 3.92. The van der Waals surface area contributed by atoms with Crippen LogP contribution >= 0.6 is 11.8 Å². The minimum absolute atomic E-state index is 0.127. The zero-order valence-electron chi connectivity index (χ0n) is 11.8. The molecule has 5 heteroatoms. The molecule has 4 nitrogen and oxygen atoms in total. The van der Waals surface area contributed by atoms with Crippen molar-refractivity contribution in [3.63, 3.8) is 0 Å². The van der Waals surface area contributed by atoms with E-state index in [-0.39, 0.29) is 12.1 Å². The summed E-state index contributed by atoms with van der Waals surface area (Å²) in [5, 5.41) is 13.7. The Morgan fingerprint density at radius 3 is 2.39 bits per heavy atom. The third kappa shape index (κ3) is 4.55. The highest BCUT2D eigenvalue weighted by Crippen LogP contribution is 2.26. The summed E-state index contributed by atoms with van der Waals surface area (Å²) >= 11 is 1.66. The van der Waals surface area contributed by atoms with E-state index >= 15 is 0 Å². The lowest BCUT2D eigenvalue weighted by molar-refractivity contribution is 0.174. The Bertz CT molecular complexity index is 374. The highest BCUT2D eigenvalue weighted by molar-refractivity contribution is 7.99. The van der Waals surface area contributed by atoms with Crippen molar-refractivity contribution in [3.05, 3.63) is 17.5 Å². The number of rotatable bonds is 6. The first-order valence-corrected chi connectivity index (χ1v) is 7.05. The van der Waals surface area contributed by atoms with Gasteiger partial charge in [-0.05, 0) is 40.3 Å². The number of likely N-dealkylation sites (N-methyl/N-ethyl adjacent to an activating group) is 1. The molecule has 0 saturated heterocycles. The highest BCUT2D eigenvalue weighted by Gasteiger charge is 2.24. The number of nitrogens with one attached hydrogen (secondary N) is 1. The third-order valence-electron chi connectivity index (χ3n) is 2.96. The van der Waals surface area contributed by atoms with Crippen LogP contribution in [0.2, 0.25) is 0 Å². The molecule has 0 fully saturated rings. The van der Waals surface area contributed by atoms with Crippen LogP contribution in [0, 0.1) is 13.8 Å². The Morgan fingerprint density at radius 1 is 1.39 bits per heavy atom. The van der Waals surface area contributed by atoms with E-state index in [1.54, 1.807) is 11.8 Å². The first-order chi connectivity index (χ1) is 8.38. The number of hydrogen-bond acceptors (Lipinski definition) is 5. The molecule has 2 unspecified atom stereocenters. The summed E-state index contributed by atoms with van der Waals surface area (Å²) < 4.78 is 0. The summed E-state index contributed by atoms with van der Waals surface area (Å²) in [7, 11) is 1.88. The molecule has 1 aromatic heterocycles. The first kappa shape index (κ1) is 15.4. The van der Waals surface area contributed by atoms with Gasteiger partial charge in [-0.25, -0.2) is 9.97 Å². The molecule has 0 aliphatic carbocycles. The Labute approximate surface area is 114 Å². The second-order valence-corrected chi connectivity index (χ2v) is 6.44. The van der Waals surface area contributed by atoms with Crippen molar-refractivity contribution >= 4 is 11.8 Å². The lowest BCUT2D eigenvalue weighted by atomic mass is 9.98. The van der Waals surface area contributed by atoms with Crippen molar-refractivity contribution in [1.82, 2.24) is 15.3 Å². The van der Waals surface area contributed by atoms with Gasteiger partial charge in [0.25, 0.3) is 0 Å². The van der Waals surface area contributed by atoms with Crippen LogP contribution in [0.4, 0.5) is 0 Å². The molecule has 1 heterocycles. The fraction of sp³-hybridized carbons (Fsp3) is 0.692. The molecule has 1 rings (SSSR count). The van der Waals surface area contributed by atoms with Crippen LogP contribution in [-0.4, -0.2) is 39.5 Å². The zero-order chi connectivity index (χ0) is 13.8. The van der Waals surface area contributed by atoms with E-state index < -0.39 is 0 Å². The average Bonchev–Trinajstić information content (AvgIpc) is 2.27. The summed E-state index contributed by atoms with van der Waals surface area (Å²) in [4.78, 5) is 8.85. The number of aryl methyl sites for hydroxylation is 2. The maximum absolute atomic E-state index is 9.39. The van der Waals surface area contributed by atoms with Crippen LogP contribution in [0.1, 0.15) is 31.7 Å². The molecule has 0 spiro atoms. The predicted octanol–water partition coefficient (Wildman–Crippen LogP) is 1.93. The Hall–Kier alpha value is -0.650. The summed E-state index contributed by atoms with van der Waals surface area (Å²) in [5.74, 6) is 0. The summed E-state index contributed by atoms with van der Waals surface area (Å²) in [5.41, 5.74) is 1.75. The second-order valence-electron chi connectivity index (χ2n) is 5.03. The van der Waals surface area contributed by atoms with E-state index in [1.165, 1.54) is 0 Å². The fourth-order valence-corrected chi connectivity index (χ4v) is 3.05. The quantitative estimate of drug-likeness (QED) is 0.610. The lowest BCUT2D eigenvalue weighted by Gasteiger charge is -2.29. The van der Waals surface area contributed by atoms with Gasteiger partial charge >= 0.3 is 0 Å². The maximum atomic E-state index is 9.39. The van der Waals surface area contributed by atoms with Crippen LogP contribution in [0.3, 0.4) is 0 Å². The minimum Gasteiger partial charge on any atom is -0.394 e. The first-order valence-electron chi connectivity index (χ1n) is 6.17. The molecular weight excluding hydrogens is 246 g/mol. The van der Waals surface area contributed by atoms with Gasteiger partial charge in [0, 0.05) is 22.2 Å². The van der Waals surface area contributed by atoms with E-state index in [9.17, 15) is 5.11 Å². The maximum Gasteiger partial charge on any atom is 0.188 e. The van der Waals surface area contributed by atoms with E-state index in [1.807, 2.05) is 33.9 Å². The van der Waals surface area contributed by atoms with Crippen LogP contribution in [-0.2, 0) is 0 Å². The molecule has 0 radical (unpaired) electrons. The summed E-state index contributed by atoms with van der Waals surface area (Å²) in [6.45, 7) is 8.25. The summed E-state index contributed by atoms with van der Waals surface area (Å²) in [6.07, 6.45) is 0.862. The van der Waals surface area contributed by atoms with E-state index in [2.05, 4.69) is 22.2 Å². The van der Waals surface area contributed by atoms with Gasteiger partial charge < -0.3 is 10.4 Å². The molecule has 1 aromatic rings. The van der Waals surface area contributed by atoms with Gasteiger partial charge in [-0.15, -0.1) is 0 Å². The lowest BCUT2D eigenvalue weighted by Crippen LogP contribution is -2.45. The van der Waals surface area contributed by atoms with E-state index in [0.29, 0.717) is 5.25 Å². The molecule has 2 atom stereocenters. The molecule has 102 valence electrons. The van der Waals surface area contributed by atoms with Gasteiger partial charge in [0.1, 0.15) is 0 Å². The zero-order valence-corrected chi connectivity index (χ0v) is 12.6. The van der Waals surface area contributed by atoms with E-state index in [4.69, 9.17) is 0 Å². The average molecular weight is 269 g/mol. The molecule has 0 aromatic carbocycles. The van der Waals surface area contributed by atoms with Crippen LogP contribution in [0.15, 0.2) is 11.2 Å². The molecule has 0 saturated carbocycles. The molecule has 0 aliphatic heterocycles. The van der Waals surface area contributed by atoms with Gasteiger partial charge in [0.05, 0.1) is 6.61 Å². The van der Waals surface area contributed by atoms with Gasteiger partial charge in [-0.2, -0.15) is 0 Å². The van der Waals surface area contributed by atoms with Gasteiger partial charge in [-0.1, -0.05) is 18.7 Å². The van der Waals surface area contributed by atoms with Crippen molar-refractivity contribution in [3.8, 4) is 0 Å². The van der Waals surface area contributed by atoms with Crippen molar-refractivity contribution in [1.29, 1.82) is 0 Å². The molecule has 0 amide bonds. The Kier molecular flexibility index (Phi) is 5.56. The Morgan fingerprint density at radius 2 is 1.94 bits per heavy atom. The minimum atomic E-state index is -0.245. The smallest absolute Gasteiger partial charge is 0.188 e. The molecule has 0 aliphatic rings. The van der Waals surface area contributed by atoms with Crippen molar-refractivity contribution < 1.29 is 5.11 Å². The van der Waals surface area contributed by atoms with Crippen LogP contribution < -0.4 is 5.32 Å². The number of aromatic nitrogens is 2. The highest BCUT2D eigenvalue weighted by atomic mass is 32.2. The molecular formula is C13H23N3OS.